The molecule has 0 fully saturated rings. The Morgan fingerprint density at radius 2 is 1.61 bits per heavy atom. The minimum absolute atomic E-state index is 0.437. The van der Waals surface area contributed by atoms with Gasteiger partial charge in [-0.25, -0.2) is 0 Å². The van der Waals surface area contributed by atoms with Crippen LogP contribution in [0.4, 0.5) is 0 Å². The van der Waals surface area contributed by atoms with Crippen LogP contribution in [-0.4, -0.2) is 14.2 Å². The average Bonchev–Trinajstić information content (AvgIpc) is 2.38. The smallest absolute Gasteiger partial charge is 0.123 e. The lowest BCUT2D eigenvalue weighted by Crippen LogP contribution is -2.14. The number of allylic oxidation sites excluding steroid dienone is 2. The van der Waals surface area contributed by atoms with Gasteiger partial charge in [0.25, 0.3) is 0 Å². The Hall–Kier alpha value is -1.44. The molecule has 0 atom stereocenters. The fraction of sp³-hybridized carbons (Fsp3) is 0.500. The third kappa shape index (κ3) is 2.87. The van der Waals surface area contributed by atoms with E-state index in [-0.39, 0.29) is 0 Å². The minimum atomic E-state index is 0.437. The van der Waals surface area contributed by atoms with Gasteiger partial charge in [0, 0.05) is 6.07 Å². The van der Waals surface area contributed by atoms with E-state index in [4.69, 9.17) is 9.47 Å². The zero-order chi connectivity index (χ0) is 13.2. The fourth-order valence-corrected chi connectivity index (χ4v) is 2.33. The van der Waals surface area contributed by atoms with Crippen LogP contribution in [-0.2, 0) is 0 Å². The van der Waals surface area contributed by atoms with Gasteiger partial charge in [0.2, 0.25) is 0 Å². The van der Waals surface area contributed by atoms with Crippen molar-refractivity contribution in [1.82, 2.24) is 0 Å². The van der Waals surface area contributed by atoms with E-state index < -0.39 is 0 Å². The molecule has 2 heteroatoms. The van der Waals surface area contributed by atoms with Gasteiger partial charge in [0.1, 0.15) is 11.5 Å². The quantitative estimate of drug-likeness (QED) is 0.791. The predicted octanol–water partition coefficient (Wildman–Crippen LogP) is 4.30. The van der Waals surface area contributed by atoms with Crippen molar-refractivity contribution >= 4 is 5.57 Å². The Kier molecular flexibility index (Phi) is 3.65. The first-order chi connectivity index (χ1) is 8.54. The molecule has 2 rings (SSSR count). The molecular weight excluding hydrogens is 224 g/mol. The van der Waals surface area contributed by atoms with E-state index in [1.54, 1.807) is 14.2 Å². The summed E-state index contributed by atoms with van der Waals surface area (Å²) in [7, 11) is 3.38. The van der Waals surface area contributed by atoms with Crippen molar-refractivity contribution in [3.05, 3.63) is 29.8 Å². The number of hydrogen-bond donors (Lipinski definition) is 0. The van der Waals surface area contributed by atoms with Crippen molar-refractivity contribution < 1.29 is 9.47 Å². The van der Waals surface area contributed by atoms with E-state index in [9.17, 15) is 0 Å². The summed E-state index contributed by atoms with van der Waals surface area (Å²) in [4.78, 5) is 0. The molecule has 0 amide bonds. The Morgan fingerprint density at radius 1 is 1.00 bits per heavy atom. The number of ether oxygens (including phenoxy) is 2. The third-order valence-electron chi connectivity index (χ3n) is 3.69. The molecular formula is C16H22O2. The number of benzene rings is 1. The maximum atomic E-state index is 5.32. The van der Waals surface area contributed by atoms with Gasteiger partial charge in [0.05, 0.1) is 14.2 Å². The van der Waals surface area contributed by atoms with Crippen LogP contribution in [0.5, 0.6) is 11.5 Å². The lowest BCUT2D eigenvalue weighted by molar-refractivity contribution is 0.335. The lowest BCUT2D eigenvalue weighted by Gasteiger charge is -2.28. The summed E-state index contributed by atoms with van der Waals surface area (Å²) in [6.07, 6.45) is 5.86. The number of hydrogen-bond acceptors (Lipinski definition) is 2. The topological polar surface area (TPSA) is 18.5 Å². The fourth-order valence-electron chi connectivity index (χ4n) is 2.33. The molecule has 0 spiro atoms. The van der Waals surface area contributed by atoms with Crippen molar-refractivity contribution in [1.29, 1.82) is 0 Å². The maximum absolute atomic E-state index is 5.32. The largest absolute Gasteiger partial charge is 0.497 e. The molecule has 1 aromatic carbocycles. The van der Waals surface area contributed by atoms with Crippen LogP contribution in [0.2, 0.25) is 0 Å². The first-order valence-corrected chi connectivity index (χ1v) is 6.46. The standard InChI is InChI=1S/C16H22O2/c1-16(2)7-5-12(6-8-16)13-9-14(17-3)11-15(10-13)18-4/h5,9-11H,6-8H2,1-4H3. The second-order valence-corrected chi connectivity index (χ2v) is 5.70. The zero-order valence-electron chi connectivity index (χ0n) is 11.7. The van der Waals surface area contributed by atoms with Crippen LogP contribution in [0.1, 0.15) is 38.7 Å². The summed E-state index contributed by atoms with van der Waals surface area (Å²) in [5.41, 5.74) is 3.07. The number of methoxy groups -OCH3 is 2. The van der Waals surface area contributed by atoms with Gasteiger partial charge in [0.15, 0.2) is 0 Å². The number of rotatable bonds is 3. The summed E-state index contributed by atoms with van der Waals surface area (Å²) < 4.78 is 10.6. The van der Waals surface area contributed by atoms with Crippen molar-refractivity contribution in [3.8, 4) is 11.5 Å². The molecule has 1 aliphatic rings. The molecule has 0 N–H and O–H groups in total. The third-order valence-corrected chi connectivity index (χ3v) is 3.69. The van der Waals surface area contributed by atoms with E-state index in [1.807, 2.05) is 6.07 Å². The molecule has 0 radical (unpaired) electrons. The molecule has 2 nitrogen and oxygen atoms in total. The van der Waals surface area contributed by atoms with Gasteiger partial charge in [-0.15, -0.1) is 0 Å². The lowest BCUT2D eigenvalue weighted by atomic mass is 9.77. The molecule has 0 aromatic heterocycles. The summed E-state index contributed by atoms with van der Waals surface area (Å²) in [5, 5.41) is 0. The molecule has 18 heavy (non-hydrogen) atoms. The molecule has 1 aromatic rings. The molecule has 0 saturated heterocycles. The van der Waals surface area contributed by atoms with E-state index in [2.05, 4.69) is 32.1 Å². The van der Waals surface area contributed by atoms with Crippen molar-refractivity contribution in [3.63, 3.8) is 0 Å². The van der Waals surface area contributed by atoms with Crippen molar-refractivity contribution in [2.24, 2.45) is 5.41 Å². The normalized spacial score (nSPS) is 18.1. The summed E-state index contributed by atoms with van der Waals surface area (Å²) in [6.45, 7) is 4.65. The predicted molar refractivity (Wildman–Crippen MR) is 75.2 cm³/mol. The van der Waals surface area contributed by atoms with Crippen LogP contribution in [0.15, 0.2) is 24.3 Å². The molecule has 0 saturated carbocycles. The van der Waals surface area contributed by atoms with Crippen LogP contribution in [0.25, 0.3) is 5.57 Å². The van der Waals surface area contributed by atoms with Crippen LogP contribution in [0, 0.1) is 5.41 Å². The Bertz CT molecular complexity index is 436. The van der Waals surface area contributed by atoms with Crippen molar-refractivity contribution in [2.45, 2.75) is 33.1 Å². The SMILES string of the molecule is COc1cc(OC)cc(C2=CCC(C)(C)CC2)c1. The maximum Gasteiger partial charge on any atom is 0.123 e. The van der Waals surface area contributed by atoms with Gasteiger partial charge in [-0.2, -0.15) is 0 Å². The summed E-state index contributed by atoms with van der Waals surface area (Å²) >= 11 is 0. The molecule has 0 unspecified atom stereocenters. The monoisotopic (exact) mass is 246 g/mol. The second-order valence-electron chi connectivity index (χ2n) is 5.70. The van der Waals surface area contributed by atoms with E-state index in [0.29, 0.717) is 5.41 Å². The second kappa shape index (κ2) is 5.05. The molecule has 0 heterocycles. The Balaban J connectivity index is 2.31. The van der Waals surface area contributed by atoms with E-state index in [1.165, 1.54) is 17.6 Å². The first kappa shape index (κ1) is 13.0. The van der Waals surface area contributed by atoms with Gasteiger partial charge >= 0.3 is 0 Å². The molecule has 0 aliphatic heterocycles. The minimum Gasteiger partial charge on any atom is -0.497 e. The summed E-state index contributed by atoms with van der Waals surface area (Å²) in [6, 6.07) is 6.09. The molecule has 1 aliphatic carbocycles. The van der Waals surface area contributed by atoms with Gasteiger partial charge in [-0.05, 0) is 47.9 Å². The zero-order valence-corrected chi connectivity index (χ0v) is 11.7. The van der Waals surface area contributed by atoms with E-state index >= 15 is 0 Å². The highest BCUT2D eigenvalue weighted by molar-refractivity contribution is 5.69. The highest BCUT2D eigenvalue weighted by atomic mass is 16.5. The van der Waals surface area contributed by atoms with Gasteiger partial charge in [-0.3, -0.25) is 0 Å². The molecule has 98 valence electrons. The Labute approximate surface area is 110 Å². The van der Waals surface area contributed by atoms with Crippen LogP contribution >= 0.6 is 0 Å². The van der Waals surface area contributed by atoms with Gasteiger partial charge in [-0.1, -0.05) is 19.9 Å². The van der Waals surface area contributed by atoms with E-state index in [0.717, 1.165) is 24.3 Å². The van der Waals surface area contributed by atoms with Gasteiger partial charge < -0.3 is 9.47 Å². The highest BCUT2D eigenvalue weighted by Gasteiger charge is 2.22. The highest BCUT2D eigenvalue weighted by Crippen LogP contribution is 2.39. The molecule has 0 bridgehead atoms. The van der Waals surface area contributed by atoms with Crippen molar-refractivity contribution in [2.75, 3.05) is 14.2 Å². The first-order valence-electron chi connectivity index (χ1n) is 6.46. The van der Waals surface area contributed by atoms with Crippen LogP contribution < -0.4 is 9.47 Å². The van der Waals surface area contributed by atoms with Crippen LogP contribution in [0.3, 0.4) is 0 Å². The average molecular weight is 246 g/mol. The summed E-state index contributed by atoms with van der Waals surface area (Å²) in [5.74, 6) is 1.71. The Morgan fingerprint density at radius 3 is 2.06 bits per heavy atom.